The Bertz CT molecular complexity index is 3840. The number of imidazole rings is 1. The number of benzene rings is 10. The van der Waals surface area contributed by atoms with Crippen molar-refractivity contribution in [3.8, 4) is 34.0 Å². The zero-order valence-corrected chi connectivity index (χ0v) is 32.4. The molecule has 0 bridgehead atoms. The SMILES string of the molecule is c1ccc(-n2c3ccccc3c3cc(-c4nc5c6ccccc6c6ccccc6c5n4-c4ccc(-c5c6ccccc6cc6ccccc56)c5ccccc45)ccc32)nc1. The van der Waals surface area contributed by atoms with Gasteiger partial charge in [0.25, 0.3) is 0 Å². The molecule has 10 aromatic carbocycles. The molecule has 3 aromatic heterocycles. The van der Waals surface area contributed by atoms with Crippen molar-refractivity contribution in [2.24, 2.45) is 0 Å². The number of para-hydroxylation sites is 1. The second kappa shape index (κ2) is 12.7. The highest BCUT2D eigenvalue weighted by molar-refractivity contribution is 6.25. The number of pyridine rings is 1. The molecule has 0 N–H and O–H groups in total. The van der Waals surface area contributed by atoms with Crippen molar-refractivity contribution in [2.45, 2.75) is 0 Å². The quantitative estimate of drug-likeness (QED) is 0.132. The smallest absolute Gasteiger partial charge is 0.145 e. The van der Waals surface area contributed by atoms with Crippen LogP contribution in [0.15, 0.2) is 206 Å². The minimum Gasteiger partial charge on any atom is -0.294 e. The van der Waals surface area contributed by atoms with Gasteiger partial charge in [-0.05, 0) is 97.4 Å². The number of hydrogen-bond donors (Lipinski definition) is 0. The molecule has 4 heteroatoms. The zero-order valence-electron chi connectivity index (χ0n) is 32.4. The van der Waals surface area contributed by atoms with E-state index in [9.17, 15) is 0 Å². The van der Waals surface area contributed by atoms with E-state index in [0.717, 1.165) is 61.1 Å². The standard InChI is InChI=1S/C56H34N4/c1-3-17-38-35(15-1)33-36-16-2-4-18-39(36)53(38)45-29-31-50(43-22-8-5-21-42(43)45)60-55-47-25-10-7-20-41(47)40-19-6-9-24-46(40)54(55)58-56(60)37-28-30-51-48(34-37)44-23-11-12-26-49(44)59(51)52-27-13-14-32-57-52/h1-34H. The highest BCUT2D eigenvalue weighted by atomic mass is 15.1. The number of nitrogens with zero attached hydrogens (tertiary/aromatic N) is 4. The summed E-state index contributed by atoms with van der Waals surface area (Å²) in [4.78, 5) is 10.5. The fourth-order valence-corrected chi connectivity index (χ4v) is 9.98. The lowest BCUT2D eigenvalue weighted by Gasteiger charge is -2.18. The Morgan fingerprint density at radius 2 is 0.950 bits per heavy atom. The zero-order chi connectivity index (χ0) is 39.3. The van der Waals surface area contributed by atoms with Crippen molar-refractivity contribution in [2.75, 3.05) is 0 Å². The Morgan fingerprint density at radius 1 is 0.367 bits per heavy atom. The highest BCUT2D eigenvalue weighted by Gasteiger charge is 2.24. The van der Waals surface area contributed by atoms with E-state index in [1.807, 2.05) is 18.3 Å². The van der Waals surface area contributed by atoms with E-state index in [0.29, 0.717) is 0 Å². The number of fused-ring (bicyclic) bond motifs is 12. The number of rotatable bonds is 4. The van der Waals surface area contributed by atoms with Gasteiger partial charge in [-0.25, -0.2) is 9.97 Å². The van der Waals surface area contributed by atoms with Gasteiger partial charge in [-0.15, -0.1) is 0 Å². The second-order valence-electron chi connectivity index (χ2n) is 15.7. The first kappa shape index (κ1) is 32.9. The van der Waals surface area contributed by atoms with E-state index in [4.69, 9.17) is 9.97 Å². The summed E-state index contributed by atoms with van der Waals surface area (Å²) in [6.45, 7) is 0. The Kier molecular flexibility index (Phi) is 6.98. The largest absolute Gasteiger partial charge is 0.294 e. The molecule has 4 nitrogen and oxygen atoms in total. The van der Waals surface area contributed by atoms with Gasteiger partial charge in [0.15, 0.2) is 0 Å². The van der Waals surface area contributed by atoms with Gasteiger partial charge in [0.05, 0.1) is 27.8 Å². The molecule has 13 rings (SSSR count). The van der Waals surface area contributed by atoms with Crippen LogP contribution in [0.2, 0.25) is 0 Å². The van der Waals surface area contributed by atoms with Gasteiger partial charge in [-0.1, -0.05) is 152 Å². The van der Waals surface area contributed by atoms with Gasteiger partial charge in [-0.3, -0.25) is 9.13 Å². The molecule has 60 heavy (non-hydrogen) atoms. The lowest BCUT2D eigenvalue weighted by atomic mass is 9.89. The average Bonchev–Trinajstić information content (AvgIpc) is 3.88. The molecule has 0 atom stereocenters. The molecular formula is C56H34N4. The molecular weight excluding hydrogens is 729 g/mol. The first-order chi connectivity index (χ1) is 29.8. The van der Waals surface area contributed by atoms with Crippen LogP contribution in [-0.4, -0.2) is 19.1 Å². The highest BCUT2D eigenvalue weighted by Crippen LogP contribution is 2.45. The van der Waals surface area contributed by atoms with Crippen molar-refractivity contribution in [3.63, 3.8) is 0 Å². The van der Waals surface area contributed by atoms with Gasteiger partial charge in [0, 0.05) is 38.7 Å². The predicted octanol–water partition coefficient (Wildman–Crippen LogP) is 14.6. The van der Waals surface area contributed by atoms with Gasteiger partial charge in [0.2, 0.25) is 0 Å². The molecule has 0 fully saturated rings. The van der Waals surface area contributed by atoms with Crippen LogP contribution in [0, 0.1) is 0 Å². The predicted molar refractivity (Wildman–Crippen MR) is 252 cm³/mol. The van der Waals surface area contributed by atoms with Crippen LogP contribution in [0.4, 0.5) is 0 Å². The first-order valence-electron chi connectivity index (χ1n) is 20.5. The molecule has 0 aliphatic carbocycles. The maximum Gasteiger partial charge on any atom is 0.145 e. The maximum atomic E-state index is 5.70. The Balaban J connectivity index is 1.16. The van der Waals surface area contributed by atoms with Crippen molar-refractivity contribution in [3.05, 3.63) is 206 Å². The summed E-state index contributed by atoms with van der Waals surface area (Å²) in [6, 6.07) is 72.5. The van der Waals surface area contributed by atoms with Crippen LogP contribution in [0.3, 0.4) is 0 Å². The van der Waals surface area contributed by atoms with Crippen LogP contribution < -0.4 is 0 Å². The monoisotopic (exact) mass is 762 g/mol. The Morgan fingerprint density at radius 3 is 1.68 bits per heavy atom. The first-order valence-corrected chi connectivity index (χ1v) is 20.5. The lowest BCUT2D eigenvalue weighted by molar-refractivity contribution is 1.08. The molecule has 0 spiro atoms. The summed E-state index contributed by atoms with van der Waals surface area (Å²) in [6.07, 6.45) is 1.86. The van der Waals surface area contributed by atoms with E-state index in [1.54, 1.807) is 0 Å². The molecule has 0 unspecified atom stereocenters. The van der Waals surface area contributed by atoms with Gasteiger partial charge >= 0.3 is 0 Å². The van der Waals surface area contributed by atoms with Crippen LogP contribution in [0.1, 0.15) is 0 Å². The molecule has 0 radical (unpaired) electrons. The molecule has 0 saturated heterocycles. The minimum atomic E-state index is 0.896. The third kappa shape index (κ3) is 4.67. The van der Waals surface area contributed by atoms with E-state index in [-0.39, 0.29) is 0 Å². The average molecular weight is 763 g/mol. The molecule has 278 valence electrons. The summed E-state index contributed by atoms with van der Waals surface area (Å²) in [5, 5.41) is 14.4. The number of hydrogen-bond acceptors (Lipinski definition) is 2. The summed E-state index contributed by atoms with van der Waals surface area (Å²) in [7, 11) is 0. The number of aromatic nitrogens is 4. The van der Waals surface area contributed by atoms with E-state index >= 15 is 0 Å². The van der Waals surface area contributed by atoms with Crippen LogP contribution in [-0.2, 0) is 0 Å². The van der Waals surface area contributed by atoms with E-state index in [2.05, 4.69) is 197 Å². The molecule has 0 aliphatic heterocycles. The summed E-state index contributed by atoms with van der Waals surface area (Å²) in [5.74, 6) is 1.80. The Hall–Kier alpha value is -8.08. The summed E-state index contributed by atoms with van der Waals surface area (Å²) < 4.78 is 4.71. The fraction of sp³-hybridized carbons (Fsp3) is 0. The normalized spacial score (nSPS) is 12.0. The van der Waals surface area contributed by atoms with Crippen molar-refractivity contribution in [1.82, 2.24) is 19.1 Å². The van der Waals surface area contributed by atoms with Crippen molar-refractivity contribution in [1.29, 1.82) is 0 Å². The summed E-state index contributed by atoms with van der Waals surface area (Å²) >= 11 is 0. The lowest BCUT2D eigenvalue weighted by Crippen LogP contribution is -2.00. The molecule has 3 heterocycles. The summed E-state index contributed by atoms with van der Waals surface area (Å²) in [5.41, 5.74) is 8.93. The fourth-order valence-electron chi connectivity index (χ4n) is 9.98. The topological polar surface area (TPSA) is 35.6 Å². The molecule has 0 aliphatic rings. The van der Waals surface area contributed by atoms with E-state index < -0.39 is 0 Å². The van der Waals surface area contributed by atoms with Crippen LogP contribution in [0.5, 0.6) is 0 Å². The second-order valence-corrected chi connectivity index (χ2v) is 15.7. The molecule has 0 saturated carbocycles. The van der Waals surface area contributed by atoms with Gasteiger partial charge in [0.1, 0.15) is 11.6 Å². The Labute approximate surface area is 344 Å². The third-order valence-corrected chi connectivity index (χ3v) is 12.5. The minimum absolute atomic E-state index is 0.896. The molecule has 0 amide bonds. The third-order valence-electron chi connectivity index (χ3n) is 12.5. The van der Waals surface area contributed by atoms with E-state index in [1.165, 1.54) is 59.6 Å². The van der Waals surface area contributed by atoms with Crippen LogP contribution in [0.25, 0.3) is 121 Å². The maximum absolute atomic E-state index is 5.70. The van der Waals surface area contributed by atoms with Gasteiger partial charge in [-0.2, -0.15) is 0 Å². The molecule has 13 aromatic rings. The van der Waals surface area contributed by atoms with Crippen LogP contribution >= 0.6 is 0 Å². The van der Waals surface area contributed by atoms with Crippen molar-refractivity contribution < 1.29 is 0 Å². The van der Waals surface area contributed by atoms with Gasteiger partial charge < -0.3 is 0 Å². The van der Waals surface area contributed by atoms with Crippen molar-refractivity contribution >= 4 is 86.7 Å².